The minimum absolute atomic E-state index is 0.367. The van der Waals surface area contributed by atoms with E-state index in [2.05, 4.69) is 22.2 Å². The fraction of sp³-hybridized carbons (Fsp3) is 0.750. The Bertz CT molecular complexity index is 305. The highest BCUT2D eigenvalue weighted by atomic mass is 16.5. The lowest BCUT2D eigenvalue weighted by Gasteiger charge is -2.21. The van der Waals surface area contributed by atoms with Gasteiger partial charge in [-0.2, -0.15) is 0 Å². The number of aromatic amines is 1. The number of imidazole rings is 1. The predicted octanol–water partition coefficient (Wildman–Crippen LogP) is 1.63. The highest BCUT2D eigenvalue weighted by molar-refractivity contribution is 5.02. The molecule has 0 aliphatic carbocycles. The normalized spacial score (nSPS) is 21.2. The second-order valence-electron chi connectivity index (χ2n) is 4.33. The van der Waals surface area contributed by atoms with Crippen LogP contribution in [0.15, 0.2) is 6.20 Å². The fourth-order valence-electron chi connectivity index (χ4n) is 2.04. The zero-order valence-electron chi connectivity index (χ0n) is 9.96. The number of nitrogens with zero attached hydrogens (tertiary/aromatic N) is 1. The summed E-state index contributed by atoms with van der Waals surface area (Å²) in [5.74, 6) is 1.06. The van der Waals surface area contributed by atoms with Gasteiger partial charge in [-0.3, -0.25) is 0 Å². The predicted molar refractivity (Wildman–Crippen MR) is 63.3 cm³/mol. The van der Waals surface area contributed by atoms with Crippen LogP contribution >= 0.6 is 0 Å². The fourth-order valence-corrected chi connectivity index (χ4v) is 2.04. The van der Waals surface area contributed by atoms with E-state index in [9.17, 15) is 0 Å². The number of H-pyrrole nitrogens is 1. The SMILES string of the molecule is CCNCc1cnc(CC2CCCCO2)[nH]1. The Balaban J connectivity index is 1.81. The largest absolute Gasteiger partial charge is 0.378 e. The molecule has 0 saturated carbocycles. The Labute approximate surface area is 96.8 Å². The Kier molecular flexibility index (Phi) is 4.36. The van der Waals surface area contributed by atoms with E-state index in [-0.39, 0.29) is 0 Å². The van der Waals surface area contributed by atoms with Crippen molar-refractivity contribution in [1.82, 2.24) is 15.3 Å². The average molecular weight is 223 g/mol. The first-order valence-electron chi connectivity index (χ1n) is 6.23. The summed E-state index contributed by atoms with van der Waals surface area (Å²) in [7, 11) is 0. The van der Waals surface area contributed by atoms with E-state index in [0.29, 0.717) is 6.10 Å². The molecule has 0 radical (unpaired) electrons. The minimum Gasteiger partial charge on any atom is -0.378 e. The van der Waals surface area contributed by atoms with Crippen LogP contribution in [-0.4, -0.2) is 29.2 Å². The van der Waals surface area contributed by atoms with E-state index >= 15 is 0 Å². The second kappa shape index (κ2) is 6.01. The zero-order valence-corrected chi connectivity index (χ0v) is 9.96. The molecule has 0 aromatic carbocycles. The summed E-state index contributed by atoms with van der Waals surface area (Å²) in [6.07, 6.45) is 6.87. The Hall–Kier alpha value is -0.870. The van der Waals surface area contributed by atoms with Gasteiger partial charge in [-0.05, 0) is 25.8 Å². The molecule has 4 nitrogen and oxygen atoms in total. The van der Waals surface area contributed by atoms with Crippen molar-refractivity contribution in [3.8, 4) is 0 Å². The van der Waals surface area contributed by atoms with E-state index in [1.807, 2.05) is 6.20 Å². The summed E-state index contributed by atoms with van der Waals surface area (Å²) in [5, 5.41) is 3.28. The van der Waals surface area contributed by atoms with Crippen molar-refractivity contribution in [2.24, 2.45) is 0 Å². The summed E-state index contributed by atoms with van der Waals surface area (Å²) < 4.78 is 5.70. The molecule has 1 aromatic heterocycles. The molecule has 1 saturated heterocycles. The van der Waals surface area contributed by atoms with Crippen LogP contribution in [0.25, 0.3) is 0 Å². The van der Waals surface area contributed by atoms with Gasteiger partial charge in [0.2, 0.25) is 0 Å². The van der Waals surface area contributed by atoms with Gasteiger partial charge in [0, 0.05) is 31.5 Å². The lowest BCUT2D eigenvalue weighted by Crippen LogP contribution is -2.21. The van der Waals surface area contributed by atoms with Crippen molar-refractivity contribution < 1.29 is 4.74 Å². The van der Waals surface area contributed by atoms with Crippen LogP contribution in [0.2, 0.25) is 0 Å². The zero-order chi connectivity index (χ0) is 11.2. The lowest BCUT2D eigenvalue weighted by atomic mass is 10.1. The summed E-state index contributed by atoms with van der Waals surface area (Å²) >= 11 is 0. The van der Waals surface area contributed by atoms with E-state index in [1.54, 1.807) is 0 Å². The van der Waals surface area contributed by atoms with E-state index in [1.165, 1.54) is 19.3 Å². The molecule has 0 bridgehead atoms. The second-order valence-corrected chi connectivity index (χ2v) is 4.33. The first kappa shape index (κ1) is 11.6. The van der Waals surface area contributed by atoms with Crippen molar-refractivity contribution in [2.75, 3.05) is 13.2 Å². The molecule has 1 atom stereocenters. The van der Waals surface area contributed by atoms with Gasteiger partial charge in [0.15, 0.2) is 0 Å². The topological polar surface area (TPSA) is 49.9 Å². The third-order valence-corrected chi connectivity index (χ3v) is 2.94. The number of ether oxygens (including phenoxy) is 1. The lowest BCUT2D eigenvalue weighted by molar-refractivity contribution is 0.0157. The number of hydrogen-bond acceptors (Lipinski definition) is 3. The number of aromatic nitrogens is 2. The van der Waals surface area contributed by atoms with Gasteiger partial charge >= 0.3 is 0 Å². The number of hydrogen-bond donors (Lipinski definition) is 2. The summed E-state index contributed by atoms with van der Waals surface area (Å²) in [6, 6.07) is 0. The summed E-state index contributed by atoms with van der Waals surface area (Å²) in [6.45, 7) is 4.87. The molecule has 1 aromatic rings. The first-order valence-corrected chi connectivity index (χ1v) is 6.23. The van der Waals surface area contributed by atoms with Gasteiger partial charge in [-0.25, -0.2) is 4.98 Å². The molecule has 1 aliphatic heterocycles. The van der Waals surface area contributed by atoms with Gasteiger partial charge < -0.3 is 15.0 Å². The molecular weight excluding hydrogens is 202 g/mol. The van der Waals surface area contributed by atoms with Crippen LogP contribution in [0.1, 0.15) is 37.7 Å². The molecule has 2 rings (SSSR count). The highest BCUT2D eigenvalue weighted by Gasteiger charge is 2.15. The van der Waals surface area contributed by atoms with E-state index < -0.39 is 0 Å². The molecule has 1 aliphatic rings. The van der Waals surface area contributed by atoms with E-state index in [0.717, 1.165) is 37.6 Å². The molecule has 2 heterocycles. The summed E-state index contributed by atoms with van der Waals surface area (Å²) in [4.78, 5) is 7.73. The average Bonchev–Trinajstić information content (AvgIpc) is 2.75. The van der Waals surface area contributed by atoms with E-state index in [4.69, 9.17) is 4.74 Å². The molecule has 16 heavy (non-hydrogen) atoms. The Morgan fingerprint density at radius 1 is 1.56 bits per heavy atom. The molecule has 0 amide bonds. The molecule has 4 heteroatoms. The number of nitrogens with one attached hydrogen (secondary N) is 2. The third-order valence-electron chi connectivity index (χ3n) is 2.94. The van der Waals surface area contributed by atoms with Crippen molar-refractivity contribution in [3.05, 3.63) is 17.7 Å². The van der Waals surface area contributed by atoms with Gasteiger partial charge in [0.05, 0.1) is 6.10 Å². The molecule has 1 fully saturated rings. The summed E-state index contributed by atoms with van der Waals surface area (Å²) in [5.41, 5.74) is 1.16. The smallest absolute Gasteiger partial charge is 0.108 e. The molecular formula is C12H21N3O. The molecule has 1 unspecified atom stereocenters. The van der Waals surface area contributed by atoms with Crippen LogP contribution in [0, 0.1) is 0 Å². The standard InChI is InChI=1S/C12H21N3O/c1-2-13-8-10-9-14-12(15-10)7-11-5-3-4-6-16-11/h9,11,13H,2-8H2,1H3,(H,14,15). The molecule has 2 N–H and O–H groups in total. The van der Waals surface area contributed by atoms with Crippen LogP contribution < -0.4 is 5.32 Å². The molecule has 90 valence electrons. The van der Waals surface area contributed by atoms with Gasteiger partial charge in [0.1, 0.15) is 5.82 Å². The van der Waals surface area contributed by atoms with Gasteiger partial charge in [0.25, 0.3) is 0 Å². The first-order chi connectivity index (χ1) is 7.88. The quantitative estimate of drug-likeness (QED) is 0.797. The highest BCUT2D eigenvalue weighted by Crippen LogP contribution is 2.15. The van der Waals surface area contributed by atoms with Crippen molar-refractivity contribution >= 4 is 0 Å². The van der Waals surface area contributed by atoms with Crippen LogP contribution in [-0.2, 0) is 17.7 Å². The van der Waals surface area contributed by atoms with Crippen molar-refractivity contribution in [3.63, 3.8) is 0 Å². The Morgan fingerprint density at radius 3 is 3.25 bits per heavy atom. The van der Waals surface area contributed by atoms with Crippen LogP contribution in [0.5, 0.6) is 0 Å². The van der Waals surface area contributed by atoms with Gasteiger partial charge in [-0.15, -0.1) is 0 Å². The third kappa shape index (κ3) is 3.32. The maximum atomic E-state index is 5.70. The monoisotopic (exact) mass is 223 g/mol. The van der Waals surface area contributed by atoms with Crippen molar-refractivity contribution in [1.29, 1.82) is 0 Å². The van der Waals surface area contributed by atoms with Crippen LogP contribution in [0.3, 0.4) is 0 Å². The maximum Gasteiger partial charge on any atom is 0.108 e. The van der Waals surface area contributed by atoms with Gasteiger partial charge in [-0.1, -0.05) is 6.92 Å². The molecule has 0 spiro atoms. The number of rotatable bonds is 5. The minimum atomic E-state index is 0.367. The van der Waals surface area contributed by atoms with Crippen LogP contribution in [0.4, 0.5) is 0 Å². The van der Waals surface area contributed by atoms with Crippen molar-refractivity contribution in [2.45, 2.75) is 45.3 Å². The maximum absolute atomic E-state index is 5.70. The Morgan fingerprint density at radius 2 is 2.50 bits per heavy atom.